The highest BCUT2D eigenvalue weighted by atomic mass is 16.3. The summed E-state index contributed by atoms with van der Waals surface area (Å²) in [4.78, 5) is 15.6. The molecule has 1 unspecified atom stereocenters. The van der Waals surface area contributed by atoms with E-state index in [4.69, 9.17) is 5.10 Å². The summed E-state index contributed by atoms with van der Waals surface area (Å²) < 4.78 is 1.95. The molecule has 3 fully saturated rings. The molecule has 4 heterocycles. The summed E-state index contributed by atoms with van der Waals surface area (Å²) in [5.41, 5.74) is 1.21. The fourth-order valence-electron chi connectivity index (χ4n) is 4.69. The number of carbonyl (C=O) groups excluding carboxylic acids is 1. The zero-order valence-corrected chi connectivity index (χ0v) is 16.4. The van der Waals surface area contributed by atoms with Gasteiger partial charge in [-0.3, -0.25) is 4.79 Å². The van der Waals surface area contributed by atoms with Gasteiger partial charge in [-0.2, -0.15) is 9.61 Å². The molecule has 2 aromatic heterocycles. The van der Waals surface area contributed by atoms with E-state index in [0.29, 0.717) is 37.9 Å². The van der Waals surface area contributed by atoms with E-state index in [1.807, 2.05) is 10.6 Å². The fraction of sp³-hybridized carbons (Fsp3) is 0.700. The molecule has 1 N–H and O–H groups in total. The second-order valence-electron chi connectivity index (χ2n) is 8.83. The first-order valence-corrected chi connectivity index (χ1v) is 10.4. The molecule has 0 aromatic carbocycles. The lowest BCUT2D eigenvalue weighted by molar-refractivity contribution is -0.129. The van der Waals surface area contributed by atoms with Gasteiger partial charge in [0.05, 0.1) is 17.8 Å². The molecule has 2 saturated heterocycles. The molecular weight excluding hydrogens is 356 g/mol. The number of hydrogen-bond acceptors (Lipinski definition) is 6. The van der Waals surface area contributed by atoms with E-state index in [1.54, 1.807) is 11.8 Å². The molecule has 0 radical (unpaired) electrons. The minimum Gasteiger partial charge on any atom is -0.387 e. The lowest BCUT2D eigenvalue weighted by atomic mass is 9.94. The largest absolute Gasteiger partial charge is 0.387 e. The van der Waals surface area contributed by atoms with Gasteiger partial charge in [0.25, 0.3) is 0 Å². The van der Waals surface area contributed by atoms with Crippen molar-refractivity contribution in [2.75, 3.05) is 32.7 Å². The van der Waals surface area contributed by atoms with Crippen molar-refractivity contribution in [2.24, 2.45) is 0 Å². The maximum absolute atomic E-state index is 11.6. The van der Waals surface area contributed by atoms with Crippen molar-refractivity contribution in [3.63, 3.8) is 0 Å². The molecule has 0 spiro atoms. The monoisotopic (exact) mass is 384 g/mol. The van der Waals surface area contributed by atoms with Crippen LogP contribution in [0.5, 0.6) is 0 Å². The van der Waals surface area contributed by atoms with E-state index < -0.39 is 5.60 Å². The Morgan fingerprint density at radius 2 is 1.93 bits per heavy atom. The van der Waals surface area contributed by atoms with Gasteiger partial charge in [-0.1, -0.05) is 0 Å². The molecule has 1 atom stereocenters. The van der Waals surface area contributed by atoms with Crippen LogP contribution < -0.4 is 0 Å². The van der Waals surface area contributed by atoms with Gasteiger partial charge in [-0.15, -0.1) is 10.2 Å². The van der Waals surface area contributed by atoms with Gasteiger partial charge in [0, 0.05) is 31.8 Å². The van der Waals surface area contributed by atoms with Gasteiger partial charge in [0.2, 0.25) is 5.91 Å². The lowest BCUT2D eigenvalue weighted by Gasteiger charge is -2.36. The first kappa shape index (κ1) is 18.0. The summed E-state index contributed by atoms with van der Waals surface area (Å²) in [5, 5.41) is 24.4. The lowest BCUT2D eigenvalue weighted by Crippen LogP contribution is -2.47. The van der Waals surface area contributed by atoms with Gasteiger partial charge < -0.3 is 14.9 Å². The van der Waals surface area contributed by atoms with Crippen LogP contribution in [0.25, 0.3) is 5.65 Å². The smallest absolute Gasteiger partial charge is 0.219 e. The summed E-state index contributed by atoms with van der Waals surface area (Å²) in [7, 11) is 0. The number of likely N-dealkylation sites (tertiary alicyclic amines) is 2. The number of amides is 1. The zero-order valence-electron chi connectivity index (χ0n) is 16.4. The molecular formula is C20H28N6O2. The van der Waals surface area contributed by atoms with Crippen LogP contribution in [-0.4, -0.2) is 78.9 Å². The SMILES string of the molecule is CC(=O)N1CCC(O)(CN2CCC(c3nnc4ccc(C5CC5)nn34)CC2)C1. The highest BCUT2D eigenvalue weighted by Gasteiger charge is 2.39. The van der Waals surface area contributed by atoms with Crippen molar-refractivity contribution < 1.29 is 9.90 Å². The van der Waals surface area contributed by atoms with Gasteiger partial charge in [0.1, 0.15) is 0 Å². The van der Waals surface area contributed by atoms with Gasteiger partial charge in [-0.05, 0) is 57.3 Å². The Morgan fingerprint density at radius 1 is 1.14 bits per heavy atom. The molecule has 1 aliphatic carbocycles. The van der Waals surface area contributed by atoms with Gasteiger partial charge in [-0.25, -0.2) is 0 Å². The Morgan fingerprint density at radius 3 is 2.61 bits per heavy atom. The summed E-state index contributed by atoms with van der Waals surface area (Å²) in [6.45, 7) is 5.15. The van der Waals surface area contributed by atoms with Crippen LogP contribution in [0, 0.1) is 0 Å². The van der Waals surface area contributed by atoms with Gasteiger partial charge >= 0.3 is 0 Å². The number of β-amino-alcohol motifs (C(OH)–C–C–N with tert-alkyl or cyclic N) is 1. The molecule has 8 heteroatoms. The molecule has 2 aromatic rings. The molecule has 2 aliphatic heterocycles. The van der Waals surface area contributed by atoms with Crippen LogP contribution in [0.4, 0.5) is 0 Å². The van der Waals surface area contributed by atoms with E-state index in [1.165, 1.54) is 12.8 Å². The highest BCUT2D eigenvalue weighted by molar-refractivity contribution is 5.73. The summed E-state index contributed by atoms with van der Waals surface area (Å²) in [5.74, 6) is 1.98. The normalized spacial score (nSPS) is 27.0. The molecule has 8 nitrogen and oxygen atoms in total. The first-order chi connectivity index (χ1) is 13.5. The van der Waals surface area contributed by atoms with Crippen molar-refractivity contribution in [3.8, 4) is 0 Å². The van der Waals surface area contributed by atoms with Crippen molar-refractivity contribution >= 4 is 11.6 Å². The third-order valence-electron chi connectivity index (χ3n) is 6.55. The van der Waals surface area contributed by atoms with Crippen LogP contribution in [0.2, 0.25) is 0 Å². The van der Waals surface area contributed by atoms with Crippen molar-refractivity contribution in [1.29, 1.82) is 0 Å². The predicted octanol–water partition coefficient (Wildman–Crippen LogP) is 1.16. The second-order valence-corrected chi connectivity index (χ2v) is 8.83. The Hall–Kier alpha value is -2.06. The Balaban J connectivity index is 1.23. The number of nitrogens with zero attached hydrogens (tertiary/aromatic N) is 6. The molecule has 1 amide bonds. The molecule has 3 aliphatic rings. The van der Waals surface area contributed by atoms with E-state index in [0.717, 1.165) is 43.1 Å². The molecule has 150 valence electrons. The number of hydrogen-bond donors (Lipinski definition) is 1. The van der Waals surface area contributed by atoms with E-state index in [9.17, 15) is 9.90 Å². The Labute approximate surface area is 164 Å². The van der Waals surface area contributed by atoms with E-state index >= 15 is 0 Å². The Kier molecular flexibility index (Phi) is 4.35. The van der Waals surface area contributed by atoms with Crippen LogP contribution in [0.15, 0.2) is 12.1 Å². The zero-order chi connectivity index (χ0) is 19.3. The summed E-state index contributed by atoms with van der Waals surface area (Å²) >= 11 is 0. The molecule has 1 saturated carbocycles. The third kappa shape index (κ3) is 3.39. The molecule has 5 rings (SSSR count). The predicted molar refractivity (Wildman–Crippen MR) is 103 cm³/mol. The average molecular weight is 384 g/mol. The second kappa shape index (κ2) is 6.77. The number of rotatable bonds is 4. The highest BCUT2D eigenvalue weighted by Crippen LogP contribution is 2.39. The third-order valence-corrected chi connectivity index (χ3v) is 6.55. The quantitative estimate of drug-likeness (QED) is 0.851. The maximum Gasteiger partial charge on any atom is 0.219 e. The molecule has 0 bridgehead atoms. The van der Waals surface area contributed by atoms with Crippen molar-refractivity contribution in [3.05, 3.63) is 23.7 Å². The average Bonchev–Trinajstić information content (AvgIpc) is 3.34. The van der Waals surface area contributed by atoms with Crippen LogP contribution in [-0.2, 0) is 4.79 Å². The van der Waals surface area contributed by atoms with Crippen molar-refractivity contribution in [2.45, 2.75) is 56.5 Å². The topological polar surface area (TPSA) is 86.9 Å². The maximum atomic E-state index is 11.6. The molecule has 28 heavy (non-hydrogen) atoms. The van der Waals surface area contributed by atoms with E-state index in [2.05, 4.69) is 21.2 Å². The number of aliphatic hydroxyl groups is 1. The van der Waals surface area contributed by atoms with E-state index in [-0.39, 0.29) is 5.91 Å². The van der Waals surface area contributed by atoms with Crippen LogP contribution in [0.3, 0.4) is 0 Å². The summed E-state index contributed by atoms with van der Waals surface area (Å²) in [6, 6.07) is 4.11. The fourth-order valence-corrected chi connectivity index (χ4v) is 4.69. The number of piperidine rings is 1. The van der Waals surface area contributed by atoms with Crippen LogP contribution >= 0.6 is 0 Å². The minimum absolute atomic E-state index is 0.0476. The Bertz CT molecular complexity index is 886. The number of carbonyl (C=O) groups is 1. The number of aromatic nitrogens is 4. The van der Waals surface area contributed by atoms with Crippen LogP contribution in [0.1, 0.15) is 62.4 Å². The van der Waals surface area contributed by atoms with Gasteiger partial charge in [0.15, 0.2) is 11.5 Å². The van der Waals surface area contributed by atoms with Crippen molar-refractivity contribution in [1.82, 2.24) is 29.6 Å². The number of fused-ring (bicyclic) bond motifs is 1. The minimum atomic E-state index is -0.777. The summed E-state index contributed by atoms with van der Waals surface area (Å²) in [6.07, 6.45) is 5.11. The first-order valence-electron chi connectivity index (χ1n) is 10.4. The standard InChI is InChI=1S/C20H28N6O2/c1-14(27)25-11-8-20(28,13-25)12-24-9-6-16(7-10-24)19-22-21-18-5-4-17(15-2-3-15)23-26(18)19/h4-5,15-16,28H,2-3,6-13H2,1H3.